The van der Waals surface area contributed by atoms with Gasteiger partial charge in [0, 0.05) is 34.3 Å². The third kappa shape index (κ3) is 17.6. The molecule has 0 spiro atoms. The number of esters is 4. The van der Waals surface area contributed by atoms with Crippen molar-refractivity contribution in [1.82, 2.24) is 0 Å². The van der Waals surface area contributed by atoms with Crippen LogP contribution in [0.3, 0.4) is 0 Å². The van der Waals surface area contributed by atoms with Crippen LogP contribution >= 0.6 is 0 Å². The Kier molecular flexibility index (Phi) is 20.0. The highest BCUT2D eigenvalue weighted by Gasteiger charge is 2.52. The summed E-state index contributed by atoms with van der Waals surface area (Å²) in [6.45, 7) is 4.79. The molecule has 0 saturated carbocycles. The molecule has 0 aromatic carbocycles. The summed E-state index contributed by atoms with van der Waals surface area (Å²) in [5.41, 5.74) is 0. The summed E-state index contributed by atoms with van der Waals surface area (Å²) in [5.74, 6) is -2.59. The largest absolute Gasteiger partial charge is 0.463 e. The van der Waals surface area contributed by atoms with E-state index in [0.717, 1.165) is 44.9 Å². The van der Waals surface area contributed by atoms with Gasteiger partial charge in [-0.25, -0.2) is 0 Å². The van der Waals surface area contributed by atoms with Gasteiger partial charge in [0.05, 0.1) is 0 Å². The van der Waals surface area contributed by atoms with Gasteiger partial charge in [-0.1, -0.05) is 70.6 Å². The maximum atomic E-state index is 11.9. The Hall–Kier alpha value is -2.28. The molecule has 5 atom stereocenters. The van der Waals surface area contributed by atoms with Gasteiger partial charge in [0.2, 0.25) is 0 Å². The lowest BCUT2D eigenvalue weighted by Gasteiger charge is -2.44. The van der Waals surface area contributed by atoms with Crippen LogP contribution in [0.2, 0.25) is 0 Å². The molecule has 0 aliphatic carbocycles. The molecule has 42 heavy (non-hydrogen) atoms. The lowest BCUT2D eigenvalue weighted by Crippen LogP contribution is -2.63. The van der Waals surface area contributed by atoms with E-state index in [9.17, 15) is 19.2 Å². The number of rotatable bonds is 22. The number of carbonyl (C=O) groups excluding carboxylic acids is 4. The van der Waals surface area contributed by atoms with Crippen molar-refractivity contribution in [1.29, 1.82) is 0 Å². The molecule has 1 aliphatic rings. The fourth-order valence-electron chi connectivity index (χ4n) is 4.90. The number of ether oxygens (including phenoxy) is 6. The zero-order valence-electron chi connectivity index (χ0n) is 25.8. The number of hydrogen-bond donors (Lipinski definition) is 2. The van der Waals surface area contributed by atoms with E-state index in [1.807, 2.05) is 0 Å². The third-order valence-electron chi connectivity index (χ3n) is 6.84. The second-order valence-corrected chi connectivity index (χ2v) is 10.8. The molecule has 1 aliphatic heterocycles. The maximum absolute atomic E-state index is 11.9. The number of aliphatic hydroxyl groups is 2. The molecule has 12 nitrogen and oxygen atoms in total. The molecule has 0 unspecified atom stereocenters. The Balaban J connectivity index is 2.46. The Bertz CT molecular complexity index is 786. The summed E-state index contributed by atoms with van der Waals surface area (Å²) in [5, 5.41) is 17.7. The summed E-state index contributed by atoms with van der Waals surface area (Å²) in [6, 6.07) is 0. The fraction of sp³-hybridized carbons (Fsp3) is 0.867. The van der Waals surface area contributed by atoms with E-state index >= 15 is 0 Å². The first-order chi connectivity index (χ1) is 20.0. The second-order valence-electron chi connectivity index (χ2n) is 10.8. The molecule has 1 fully saturated rings. The number of unbranched alkanes of at least 4 members (excludes halogenated alkanes) is 12. The minimum absolute atomic E-state index is 0.284. The molecule has 12 heteroatoms. The van der Waals surface area contributed by atoms with Crippen LogP contribution in [0.5, 0.6) is 0 Å². The van der Waals surface area contributed by atoms with Gasteiger partial charge in [-0.05, 0) is 19.3 Å². The molecule has 1 saturated heterocycles. The number of aliphatic hydroxyl groups excluding tert-OH is 1. The molecular weight excluding hydrogens is 552 g/mol. The van der Waals surface area contributed by atoms with Crippen molar-refractivity contribution in [3.05, 3.63) is 0 Å². The first-order valence-corrected chi connectivity index (χ1v) is 15.3. The second kappa shape index (κ2) is 22.3. The molecule has 0 radical (unpaired) electrons. The molecule has 0 amide bonds. The van der Waals surface area contributed by atoms with E-state index in [0.29, 0.717) is 13.0 Å². The summed E-state index contributed by atoms with van der Waals surface area (Å²) in [4.78, 5) is 47.0. The van der Waals surface area contributed by atoms with Crippen LogP contribution < -0.4 is 0 Å². The van der Waals surface area contributed by atoms with Crippen LogP contribution in [0.25, 0.3) is 0 Å². The summed E-state index contributed by atoms with van der Waals surface area (Å²) in [7, 11) is 0. The quantitative estimate of drug-likeness (QED) is 0.0795. The average Bonchev–Trinajstić information content (AvgIpc) is 2.89. The van der Waals surface area contributed by atoms with E-state index in [1.54, 1.807) is 0 Å². The molecule has 1 heterocycles. The van der Waals surface area contributed by atoms with Crippen molar-refractivity contribution in [2.75, 3.05) is 13.2 Å². The van der Waals surface area contributed by atoms with Crippen molar-refractivity contribution in [3.63, 3.8) is 0 Å². The zero-order valence-corrected chi connectivity index (χ0v) is 25.8. The Morgan fingerprint density at radius 2 is 1.02 bits per heavy atom. The number of hydrogen-bond acceptors (Lipinski definition) is 12. The van der Waals surface area contributed by atoms with Gasteiger partial charge < -0.3 is 38.6 Å². The summed E-state index contributed by atoms with van der Waals surface area (Å²) in [6.07, 6.45) is 7.69. The van der Waals surface area contributed by atoms with Crippen LogP contribution in [0.15, 0.2) is 0 Å². The maximum Gasteiger partial charge on any atom is 0.303 e. The molecule has 0 aromatic rings. The topological polar surface area (TPSA) is 164 Å². The summed E-state index contributed by atoms with van der Waals surface area (Å²) >= 11 is 0. The van der Waals surface area contributed by atoms with Crippen molar-refractivity contribution in [2.45, 2.75) is 155 Å². The first kappa shape index (κ1) is 37.7. The van der Waals surface area contributed by atoms with Gasteiger partial charge in [-0.2, -0.15) is 0 Å². The Morgan fingerprint density at radius 3 is 1.48 bits per heavy atom. The highest BCUT2D eigenvalue weighted by Crippen LogP contribution is 2.30. The predicted molar refractivity (Wildman–Crippen MR) is 151 cm³/mol. The molecule has 0 bridgehead atoms. The zero-order chi connectivity index (χ0) is 31.3. The van der Waals surface area contributed by atoms with Gasteiger partial charge in [0.1, 0.15) is 12.7 Å². The third-order valence-corrected chi connectivity index (χ3v) is 6.84. The highest BCUT2D eigenvalue weighted by molar-refractivity contribution is 5.68. The minimum Gasteiger partial charge on any atom is -0.463 e. The van der Waals surface area contributed by atoms with Crippen molar-refractivity contribution in [2.24, 2.45) is 0 Å². The Morgan fingerprint density at radius 1 is 0.595 bits per heavy atom. The normalized spacial score (nSPS) is 22.0. The molecular formula is C30H52O12. The lowest BCUT2D eigenvalue weighted by atomic mass is 9.98. The van der Waals surface area contributed by atoms with Crippen molar-refractivity contribution < 1.29 is 57.8 Å². The van der Waals surface area contributed by atoms with Crippen molar-refractivity contribution >= 4 is 23.9 Å². The van der Waals surface area contributed by atoms with E-state index in [-0.39, 0.29) is 6.61 Å². The smallest absolute Gasteiger partial charge is 0.303 e. The van der Waals surface area contributed by atoms with Crippen LogP contribution in [-0.4, -0.2) is 84.3 Å². The van der Waals surface area contributed by atoms with Gasteiger partial charge in [0.15, 0.2) is 30.9 Å². The Labute approximate surface area is 249 Å². The van der Waals surface area contributed by atoms with Crippen LogP contribution in [0.1, 0.15) is 118 Å². The van der Waals surface area contributed by atoms with Crippen LogP contribution in [0, 0.1) is 0 Å². The summed E-state index contributed by atoms with van der Waals surface area (Å²) < 4.78 is 33.1. The van der Waals surface area contributed by atoms with E-state index < -0.39 is 60.9 Å². The minimum atomic E-state index is -1.23. The molecule has 0 aromatic heterocycles. The van der Waals surface area contributed by atoms with E-state index in [4.69, 9.17) is 38.6 Å². The molecule has 2 N–H and O–H groups in total. The van der Waals surface area contributed by atoms with Crippen LogP contribution in [-0.2, 0) is 47.6 Å². The molecule has 1 rings (SSSR count). The monoisotopic (exact) mass is 604 g/mol. The molecule has 244 valence electrons. The van der Waals surface area contributed by atoms with Crippen LogP contribution in [0.4, 0.5) is 0 Å². The van der Waals surface area contributed by atoms with Gasteiger partial charge in [-0.15, -0.1) is 0 Å². The lowest BCUT2D eigenvalue weighted by molar-refractivity contribution is -0.308. The fourth-order valence-corrected chi connectivity index (χ4v) is 4.90. The van der Waals surface area contributed by atoms with Gasteiger partial charge >= 0.3 is 23.9 Å². The van der Waals surface area contributed by atoms with E-state index in [1.165, 1.54) is 66.2 Å². The van der Waals surface area contributed by atoms with Gasteiger partial charge in [-0.3, -0.25) is 19.2 Å². The SMILES string of the molecule is CC(=O)OC[C@H]1O[C@@H](OCCCCCCCCCCCCCCCC(O)O)[C@H](OC(C)=O)[C@@H](OC(C)=O)[C@@H]1OC(C)=O. The average molecular weight is 605 g/mol. The first-order valence-electron chi connectivity index (χ1n) is 15.3. The van der Waals surface area contributed by atoms with Crippen molar-refractivity contribution in [3.8, 4) is 0 Å². The standard InChI is InChI=1S/C30H52O12/c1-21(31)38-20-25-27(39-22(2)32)28(40-23(3)33)29(41-24(4)34)30(42-25)37-19-17-15-13-11-9-7-5-6-8-10-12-14-16-18-26(35)36/h25-30,35-36H,5-20H2,1-4H3/t25-,27-,28+,29-,30-/m1/s1. The predicted octanol–water partition coefficient (Wildman–Crippen LogP) is 3.86. The van der Waals surface area contributed by atoms with Gasteiger partial charge in [0.25, 0.3) is 0 Å². The number of carbonyl (C=O) groups is 4. The highest BCUT2D eigenvalue weighted by atomic mass is 16.7. The van der Waals surface area contributed by atoms with E-state index in [2.05, 4.69) is 0 Å².